The van der Waals surface area contributed by atoms with Crippen molar-refractivity contribution in [1.82, 2.24) is 0 Å². The van der Waals surface area contributed by atoms with Gasteiger partial charge in [-0.15, -0.1) is 41.3 Å². The number of hydrogen-bond donors (Lipinski definition) is 1. The van der Waals surface area contributed by atoms with Crippen LogP contribution in [0.2, 0.25) is 0 Å². The van der Waals surface area contributed by atoms with Gasteiger partial charge in [0.1, 0.15) is 5.75 Å². The first-order chi connectivity index (χ1) is 9.66. The van der Waals surface area contributed by atoms with Gasteiger partial charge in [-0.1, -0.05) is 64.4 Å². The largest absolute Gasteiger partial charge is 0.509 e. The Morgan fingerprint density at radius 1 is 0.714 bits per heavy atom. The van der Waals surface area contributed by atoms with Gasteiger partial charge in [0.25, 0.3) is 0 Å². The van der Waals surface area contributed by atoms with E-state index < -0.39 is 0 Å². The minimum atomic E-state index is 0. The van der Waals surface area contributed by atoms with Crippen molar-refractivity contribution in [2.75, 3.05) is 0 Å². The molecule has 21 heavy (non-hydrogen) atoms. The summed E-state index contributed by atoms with van der Waals surface area (Å²) in [5.74, 6) is 1.53. The van der Waals surface area contributed by atoms with Gasteiger partial charge in [0.05, 0.1) is 0 Å². The maximum absolute atomic E-state index is 9.24. The van der Waals surface area contributed by atoms with Gasteiger partial charge in [-0.2, -0.15) is 0 Å². The average molecular weight is 374 g/mol. The zero-order valence-electron chi connectivity index (χ0n) is 13.9. The molecule has 1 nitrogen and oxygen atoms in total. The number of benzene rings is 2. The van der Waals surface area contributed by atoms with Gasteiger partial charge in [0.15, 0.2) is 0 Å². The monoisotopic (exact) mass is 374 g/mol. The van der Waals surface area contributed by atoms with E-state index in [-0.39, 0.29) is 19.5 Å². The second-order valence-corrected chi connectivity index (χ2v) is 4.04. The molecule has 2 rings (SSSR count). The quantitative estimate of drug-likeness (QED) is 0.525. The Labute approximate surface area is 143 Å². The molecule has 0 bridgehead atoms. The molecule has 2 aromatic rings. The summed E-state index contributed by atoms with van der Waals surface area (Å²) < 4.78 is 0. The maximum atomic E-state index is 9.24. The third kappa shape index (κ3) is 7.34. The number of phenolic OH excluding ortho intramolecular Hbond substituents is 1. The molecular weight excluding hydrogens is 347 g/mol. The Morgan fingerprint density at radius 3 is 1.43 bits per heavy atom. The van der Waals surface area contributed by atoms with Crippen molar-refractivity contribution in [2.45, 2.75) is 41.5 Å². The van der Waals surface area contributed by atoms with E-state index in [1.54, 1.807) is 12.1 Å². The van der Waals surface area contributed by atoms with Crippen molar-refractivity contribution >= 4 is 0 Å². The molecule has 0 spiro atoms. The van der Waals surface area contributed by atoms with Gasteiger partial charge < -0.3 is 5.11 Å². The summed E-state index contributed by atoms with van der Waals surface area (Å²) >= 11 is 0. The summed E-state index contributed by atoms with van der Waals surface area (Å²) in [5, 5.41) is 9.24. The van der Waals surface area contributed by atoms with Crippen molar-refractivity contribution in [3.63, 3.8) is 0 Å². The maximum Gasteiger partial charge on any atom is 0.100 e. The predicted molar refractivity (Wildman–Crippen MR) is 89.1 cm³/mol. The third-order valence-corrected chi connectivity index (χ3v) is 2.78. The summed E-state index contributed by atoms with van der Waals surface area (Å²) in [6, 6.07) is 15.8. The fraction of sp³-hybridized carbons (Fsp3) is 0.316. The Balaban J connectivity index is 0. The van der Waals surface area contributed by atoms with Crippen LogP contribution in [0.15, 0.2) is 48.5 Å². The SMILES string of the molecule is CC.CC.Cc1ccc([C-](C)c2ccc(O)cc2)cc1.[Rh]. The summed E-state index contributed by atoms with van der Waals surface area (Å²) in [7, 11) is 0. The standard InChI is InChI=1S/C15H15O.2C2H6.Rh/c1-11-3-5-13(6-4-11)12(2)14-7-9-15(16)10-8-14;2*1-2;/h3-10,16H,1-2H3;2*1-2H3;/q-1;;;. The Bertz CT molecular complexity index is 414. The molecule has 0 aliphatic rings. The van der Waals surface area contributed by atoms with E-state index in [1.807, 2.05) is 39.8 Å². The molecule has 0 aliphatic heterocycles. The number of hydrogen-bond acceptors (Lipinski definition) is 1. The zero-order valence-corrected chi connectivity index (χ0v) is 15.5. The fourth-order valence-electron chi connectivity index (χ4n) is 1.68. The van der Waals surface area contributed by atoms with Crippen LogP contribution in [0.3, 0.4) is 0 Å². The summed E-state index contributed by atoms with van der Waals surface area (Å²) in [5.41, 5.74) is 3.63. The average Bonchev–Trinajstić information content (AvgIpc) is 2.52. The predicted octanol–water partition coefficient (Wildman–Crippen LogP) is 5.74. The molecule has 0 aromatic heterocycles. The minimum Gasteiger partial charge on any atom is -0.509 e. The molecule has 1 radical (unpaired) electrons. The number of aromatic hydroxyl groups is 1. The van der Waals surface area contributed by atoms with Crippen LogP contribution in [-0.4, -0.2) is 5.11 Å². The fourth-order valence-corrected chi connectivity index (χ4v) is 1.68. The van der Waals surface area contributed by atoms with Crippen LogP contribution in [0, 0.1) is 12.8 Å². The minimum absolute atomic E-state index is 0. The van der Waals surface area contributed by atoms with Gasteiger partial charge in [0, 0.05) is 19.5 Å². The molecule has 0 heterocycles. The van der Waals surface area contributed by atoms with E-state index in [9.17, 15) is 5.11 Å². The summed E-state index contributed by atoms with van der Waals surface area (Å²) in [6.45, 7) is 12.2. The molecular formula is C19H27ORh-. The van der Waals surface area contributed by atoms with Gasteiger partial charge in [-0.25, -0.2) is 0 Å². The smallest absolute Gasteiger partial charge is 0.100 e. The van der Waals surface area contributed by atoms with Crippen LogP contribution in [0.5, 0.6) is 5.75 Å². The van der Waals surface area contributed by atoms with Gasteiger partial charge >= 0.3 is 0 Å². The van der Waals surface area contributed by atoms with Crippen LogP contribution >= 0.6 is 0 Å². The zero-order chi connectivity index (χ0) is 15.5. The summed E-state index contributed by atoms with van der Waals surface area (Å²) in [4.78, 5) is 0. The van der Waals surface area contributed by atoms with Crippen LogP contribution in [0.1, 0.15) is 51.3 Å². The van der Waals surface area contributed by atoms with Gasteiger partial charge in [-0.3, -0.25) is 0 Å². The van der Waals surface area contributed by atoms with Crippen LogP contribution < -0.4 is 0 Å². The van der Waals surface area contributed by atoms with Gasteiger partial charge in [-0.05, 0) is 6.92 Å². The Kier molecular flexibility index (Phi) is 13.1. The molecule has 119 valence electrons. The third-order valence-electron chi connectivity index (χ3n) is 2.78. The van der Waals surface area contributed by atoms with Gasteiger partial charge in [0.2, 0.25) is 0 Å². The number of phenols is 1. The Morgan fingerprint density at radius 2 is 1.05 bits per heavy atom. The molecule has 1 N–H and O–H groups in total. The van der Waals surface area contributed by atoms with E-state index in [1.165, 1.54) is 17.0 Å². The van der Waals surface area contributed by atoms with Crippen LogP contribution in [0.4, 0.5) is 0 Å². The normalized spacial score (nSPS) is 8.29. The van der Waals surface area contributed by atoms with Crippen molar-refractivity contribution in [2.24, 2.45) is 0 Å². The molecule has 0 unspecified atom stereocenters. The molecule has 2 heteroatoms. The van der Waals surface area contributed by atoms with Crippen molar-refractivity contribution in [1.29, 1.82) is 0 Å². The topological polar surface area (TPSA) is 20.2 Å². The number of rotatable bonds is 2. The van der Waals surface area contributed by atoms with E-state index in [2.05, 4.69) is 38.1 Å². The van der Waals surface area contributed by atoms with Crippen molar-refractivity contribution < 1.29 is 24.6 Å². The first-order valence-electron chi connectivity index (χ1n) is 7.37. The van der Waals surface area contributed by atoms with E-state index in [4.69, 9.17) is 0 Å². The molecule has 0 fully saturated rings. The molecule has 0 atom stereocenters. The second-order valence-electron chi connectivity index (χ2n) is 4.04. The molecule has 2 aromatic carbocycles. The summed E-state index contributed by atoms with van der Waals surface area (Å²) in [6.07, 6.45) is 0. The van der Waals surface area contributed by atoms with Crippen molar-refractivity contribution in [3.05, 3.63) is 71.1 Å². The van der Waals surface area contributed by atoms with E-state index in [0.29, 0.717) is 5.75 Å². The van der Waals surface area contributed by atoms with E-state index >= 15 is 0 Å². The number of aryl methyl sites for hydroxylation is 1. The molecule has 0 saturated carbocycles. The molecule has 0 amide bonds. The second kappa shape index (κ2) is 12.5. The van der Waals surface area contributed by atoms with Crippen LogP contribution in [-0.2, 0) is 19.5 Å². The van der Waals surface area contributed by atoms with Crippen LogP contribution in [0.25, 0.3) is 0 Å². The van der Waals surface area contributed by atoms with E-state index in [0.717, 1.165) is 5.56 Å². The first kappa shape index (κ1) is 22.0. The Hall–Kier alpha value is -1.27. The first-order valence-corrected chi connectivity index (χ1v) is 7.37. The molecule has 0 aliphatic carbocycles. The molecule has 0 saturated heterocycles. The van der Waals surface area contributed by atoms with Crippen molar-refractivity contribution in [3.8, 4) is 5.75 Å².